The molecule has 29 heavy (non-hydrogen) atoms. The van der Waals surface area contributed by atoms with E-state index in [1.807, 2.05) is 6.92 Å². The van der Waals surface area contributed by atoms with Gasteiger partial charge in [-0.3, -0.25) is 9.80 Å². The summed E-state index contributed by atoms with van der Waals surface area (Å²) in [5.74, 6) is -0.824. The summed E-state index contributed by atoms with van der Waals surface area (Å²) in [5, 5.41) is 2.90. The Kier molecular flexibility index (Phi) is 6.87. The van der Waals surface area contributed by atoms with Crippen LogP contribution in [-0.2, 0) is 9.53 Å². The first-order valence-electron chi connectivity index (χ1n) is 10.1. The van der Waals surface area contributed by atoms with Crippen LogP contribution in [-0.4, -0.2) is 79.6 Å². The quantitative estimate of drug-likeness (QED) is 0.735. The monoisotopic (exact) mass is 404 g/mol. The molecule has 2 amide bonds. The topological polar surface area (TPSA) is 65.1 Å². The third-order valence-corrected chi connectivity index (χ3v) is 5.42. The molecule has 0 bridgehead atoms. The predicted molar refractivity (Wildman–Crippen MR) is 108 cm³/mol. The van der Waals surface area contributed by atoms with Crippen LogP contribution in [0.4, 0.5) is 9.18 Å². The molecule has 2 aliphatic rings. The van der Waals surface area contributed by atoms with Crippen molar-refractivity contribution in [3.8, 4) is 0 Å². The molecule has 1 unspecified atom stereocenters. The maximum absolute atomic E-state index is 13.4. The van der Waals surface area contributed by atoms with Crippen molar-refractivity contribution < 1.29 is 18.7 Å². The van der Waals surface area contributed by atoms with Crippen LogP contribution in [0.1, 0.15) is 25.5 Å². The van der Waals surface area contributed by atoms with E-state index in [0.29, 0.717) is 29.9 Å². The number of halogens is 1. The lowest BCUT2D eigenvalue weighted by atomic mass is 9.94. The highest BCUT2D eigenvalue weighted by atomic mass is 19.1. The molecule has 1 saturated heterocycles. The number of amides is 2. The van der Waals surface area contributed by atoms with E-state index in [2.05, 4.69) is 22.2 Å². The summed E-state index contributed by atoms with van der Waals surface area (Å²) in [6, 6.07) is 4.91. The molecule has 0 spiro atoms. The fourth-order valence-corrected chi connectivity index (χ4v) is 3.78. The van der Waals surface area contributed by atoms with Gasteiger partial charge in [0.1, 0.15) is 5.82 Å². The number of esters is 1. The van der Waals surface area contributed by atoms with Crippen molar-refractivity contribution >= 4 is 12.0 Å². The molecule has 1 fully saturated rings. The van der Waals surface area contributed by atoms with Gasteiger partial charge in [-0.05, 0) is 38.6 Å². The zero-order valence-electron chi connectivity index (χ0n) is 17.3. The molecule has 0 aromatic heterocycles. The first-order chi connectivity index (χ1) is 13.9. The molecular formula is C21H29FN4O3. The number of piperazine rings is 1. The SMILES string of the molecule is CCOC(=O)C1=C(CN2CCN(C)CC2)N(CC)C(=O)NC1c1ccc(F)cc1. The number of likely N-dealkylation sites (N-methyl/N-ethyl adjacent to an activating group) is 2. The lowest BCUT2D eigenvalue weighted by Crippen LogP contribution is -2.52. The number of nitrogens with zero attached hydrogens (tertiary/aromatic N) is 3. The molecule has 2 heterocycles. The van der Waals surface area contributed by atoms with Crippen LogP contribution >= 0.6 is 0 Å². The summed E-state index contributed by atoms with van der Waals surface area (Å²) in [7, 11) is 2.08. The van der Waals surface area contributed by atoms with Gasteiger partial charge < -0.3 is 15.0 Å². The third kappa shape index (κ3) is 4.76. The summed E-state index contributed by atoms with van der Waals surface area (Å²) < 4.78 is 18.8. The van der Waals surface area contributed by atoms with E-state index in [4.69, 9.17) is 4.74 Å². The Hall–Kier alpha value is -2.45. The molecular weight excluding hydrogens is 375 g/mol. The fraction of sp³-hybridized carbons (Fsp3) is 0.524. The fourth-order valence-electron chi connectivity index (χ4n) is 3.78. The molecule has 2 aliphatic heterocycles. The lowest BCUT2D eigenvalue weighted by molar-refractivity contribution is -0.139. The predicted octanol–water partition coefficient (Wildman–Crippen LogP) is 1.98. The first-order valence-corrected chi connectivity index (χ1v) is 10.1. The van der Waals surface area contributed by atoms with Crippen LogP contribution in [0.2, 0.25) is 0 Å². The smallest absolute Gasteiger partial charge is 0.338 e. The molecule has 7 nitrogen and oxygen atoms in total. The van der Waals surface area contributed by atoms with E-state index in [9.17, 15) is 14.0 Å². The highest BCUT2D eigenvalue weighted by molar-refractivity contribution is 5.95. The van der Waals surface area contributed by atoms with Crippen molar-refractivity contribution in [1.29, 1.82) is 0 Å². The highest BCUT2D eigenvalue weighted by Crippen LogP contribution is 2.32. The van der Waals surface area contributed by atoms with E-state index in [1.54, 1.807) is 24.0 Å². The zero-order valence-corrected chi connectivity index (χ0v) is 17.3. The van der Waals surface area contributed by atoms with E-state index in [-0.39, 0.29) is 18.5 Å². The Balaban J connectivity index is 2.04. The molecule has 0 aliphatic carbocycles. The van der Waals surface area contributed by atoms with Crippen LogP contribution in [0.3, 0.4) is 0 Å². The van der Waals surface area contributed by atoms with Crippen molar-refractivity contribution in [2.45, 2.75) is 19.9 Å². The number of carbonyl (C=O) groups is 2. The van der Waals surface area contributed by atoms with Crippen LogP contribution in [0.15, 0.2) is 35.5 Å². The standard InChI is InChI=1S/C21H29FN4O3/c1-4-26-17(14-25-12-10-24(3)11-13-25)18(20(27)29-5-2)19(23-21(26)28)15-6-8-16(22)9-7-15/h6-9,19H,4-5,10-14H2,1-3H3,(H,23,28). The summed E-state index contributed by atoms with van der Waals surface area (Å²) in [6.45, 7) is 8.38. The van der Waals surface area contributed by atoms with E-state index < -0.39 is 12.0 Å². The largest absolute Gasteiger partial charge is 0.463 e. The third-order valence-electron chi connectivity index (χ3n) is 5.42. The second-order valence-corrected chi connectivity index (χ2v) is 7.34. The number of benzene rings is 1. The Labute approximate surface area is 171 Å². The van der Waals surface area contributed by atoms with Gasteiger partial charge in [0, 0.05) is 45.0 Å². The average molecular weight is 404 g/mol. The number of nitrogens with one attached hydrogen (secondary N) is 1. The van der Waals surface area contributed by atoms with Gasteiger partial charge in [0.05, 0.1) is 18.2 Å². The summed E-state index contributed by atoms with van der Waals surface area (Å²) in [4.78, 5) is 31.9. The number of hydrogen-bond acceptors (Lipinski definition) is 5. The summed E-state index contributed by atoms with van der Waals surface area (Å²) in [5.41, 5.74) is 1.72. The van der Waals surface area contributed by atoms with Crippen LogP contribution < -0.4 is 5.32 Å². The van der Waals surface area contributed by atoms with Crippen LogP contribution in [0.5, 0.6) is 0 Å². The summed E-state index contributed by atoms with van der Waals surface area (Å²) >= 11 is 0. The maximum Gasteiger partial charge on any atom is 0.338 e. The molecule has 3 rings (SSSR count). The summed E-state index contributed by atoms with van der Waals surface area (Å²) in [6.07, 6.45) is 0. The van der Waals surface area contributed by atoms with Crippen molar-refractivity contribution in [1.82, 2.24) is 20.0 Å². The number of carbonyl (C=O) groups excluding carboxylic acids is 2. The Morgan fingerprint density at radius 1 is 1.17 bits per heavy atom. The van der Waals surface area contributed by atoms with Crippen LogP contribution in [0.25, 0.3) is 0 Å². The number of urea groups is 1. The van der Waals surface area contributed by atoms with E-state index in [1.165, 1.54) is 12.1 Å². The number of hydrogen-bond donors (Lipinski definition) is 1. The van der Waals surface area contributed by atoms with Gasteiger partial charge in [-0.1, -0.05) is 12.1 Å². The number of ether oxygens (including phenoxy) is 1. The normalized spacial score (nSPS) is 21.3. The van der Waals surface area contributed by atoms with Crippen LogP contribution in [0, 0.1) is 5.82 Å². The molecule has 1 atom stereocenters. The Bertz CT molecular complexity index is 773. The molecule has 158 valence electrons. The Morgan fingerprint density at radius 3 is 2.41 bits per heavy atom. The van der Waals surface area contributed by atoms with Crippen molar-refractivity contribution in [3.63, 3.8) is 0 Å². The van der Waals surface area contributed by atoms with Gasteiger partial charge >= 0.3 is 12.0 Å². The minimum absolute atomic E-state index is 0.236. The molecule has 1 aromatic rings. The zero-order chi connectivity index (χ0) is 21.0. The Morgan fingerprint density at radius 2 is 1.83 bits per heavy atom. The van der Waals surface area contributed by atoms with E-state index in [0.717, 1.165) is 26.2 Å². The molecule has 1 aromatic carbocycles. The minimum atomic E-state index is -0.674. The lowest BCUT2D eigenvalue weighted by Gasteiger charge is -2.40. The van der Waals surface area contributed by atoms with Gasteiger partial charge in [0.25, 0.3) is 0 Å². The number of rotatable bonds is 6. The van der Waals surface area contributed by atoms with E-state index >= 15 is 0 Å². The van der Waals surface area contributed by atoms with Crippen molar-refractivity contribution in [2.75, 3.05) is 52.9 Å². The first kappa shape index (κ1) is 21.3. The average Bonchev–Trinajstić information content (AvgIpc) is 2.70. The second-order valence-electron chi connectivity index (χ2n) is 7.34. The van der Waals surface area contributed by atoms with Gasteiger partial charge in [0.15, 0.2) is 0 Å². The van der Waals surface area contributed by atoms with Gasteiger partial charge in [-0.2, -0.15) is 0 Å². The minimum Gasteiger partial charge on any atom is -0.463 e. The second kappa shape index (κ2) is 9.37. The van der Waals surface area contributed by atoms with Gasteiger partial charge in [-0.15, -0.1) is 0 Å². The molecule has 0 radical (unpaired) electrons. The molecule has 1 N–H and O–H groups in total. The molecule has 8 heteroatoms. The molecule has 0 saturated carbocycles. The van der Waals surface area contributed by atoms with Crippen molar-refractivity contribution in [3.05, 3.63) is 46.9 Å². The maximum atomic E-state index is 13.4. The van der Waals surface area contributed by atoms with Gasteiger partial charge in [-0.25, -0.2) is 14.0 Å². The van der Waals surface area contributed by atoms with Gasteiger partial charge in [0.2, 0.25) is 0 Å². The van der Waals surface area contributed by atoms with Crippen molar-refractivity contribution in [2.24, 2.45) is 0 Å². The highest BCUT2D eigenvalue weighted by Gasteiger charge is 2.38.